The lowest BCUT2D eigenvalue weighted by atomic mass is 9.93. The third-order valence-corrected chi connectivity index (χ3v) is 5.22. The molecule has 0 spiro atoms. The van der Waals surface area contributed by atoms with Gasteiger partial charge in [-0.2, -0.15) is 0 Å². The lowest BCUT2D eigenvalue weighted by Gasteiger charge is -2.18. The molecule has 3 aromatic carbocycles. The monoisotopic (exact) mass is 454 g/mol. The van der Waals surface area contributed by atoms with Gasteiger partial charge in [-0.25, -0.2) is 4.39 Å². The smallest absolute Gasteiger partial charge is 0.258 e. The summed E-state index contributed by atoms with van der Waals surface area (Å²) in [5.41, 5.74) is 1.57. The van der Waals surface area contributed by atoms with Crippen LogP contribution in [0.25, 0.3) is 0 Å². The number of benzene rings is 3. The van der Waals surface area contributed by atoms with Gasteiger partial charge >= 0.3 is 0 Å². The third-order valence-electron chi connectivity index (χ3n) is 4.99. The summed E-state index contributed by atoms with van der Waals surface area (Å²) >= 11 is 5.76. The van der Waals surface area contributed by atoms with E-state index in [1.807, 2.05) is 37.3 Å². The highest BCUT2D eigenvalue weighted by atomic mass is 35.5. The average Bonchev–Trinajstić information content (AvgIpc) is 2.78. The number of rotatable bonds is 8. The lowest BCUT2D eigenvalue weighted by Crippen LogP contribution is -2.21. The highest BCUT2D eigenvalue weighted by Crippen LogP contribution is 2.30. The van der Waals surface area contributed by atoms with Gasteiger partial charge in [0, 0.05) is 10.7 Å². The minimum absolute atomic E-state index is 0.149. The van der Waals surface area contributed by atoms with Crippen molar-refractivity contribution in [1.29, 1.82) is 0 Å². The molecule has 5 nitrogen and oxygen atoms in total. The first-order valence-corrected chi connectivity index (χ1v) is 10.6. The minimum Gasteiger partial charge on any atom is -0.495 e. The number of ether oxygens (including phenoxy) is 1. The highest BCUT2D eigenvalue weighted by Gasteiger charge is 2.21. The third kappa shape index (κ3) is 5.65. The van der Waals surface area contributed by atoms with Crippen LogP contribution in [-0.2, 0) is 4.79 Å². The first-order valence-electron chi connectivity index (χ1n) is 10.2. The van der Waals surface area contributed by atoms with Crippen LogP contribution in [0.3, 0.4) is 0 Å². The summed E-state index contributed by atoms with van der Waals surface area (Å²) in [6.45, 7) is 2.03. The summed E-state index contributed by atoms with van der Waals surface area (Å²) in [6, 6.07) is 18.3. The van der Waals surface area contributed by atoms with Gasteiger partial charge in [0.25, 0.3) is 5.91 Å². The van der Waals surface area contributed by atoms with E-state index in [4.69, 9.17) is 16.3 Å². The van der Waals surface area contributed by atoms with E-state index in [1.54, 1.807) is 18.2 Å². The van der Waals surface area contributed by atoms with Gasteiger partial charge < -0.3 is 15.4 Å². The molecule has 0 aliphatic carbocycles. The van der Waals surface area contributed by atoms with E-state index < -0.39 is 11.7 Å². The lowest BCUT2D eigenvalue weighted by molar-refractivity contribution is -0.117. The van der Waals surface area contributed by atoms with E-state index in [0.29, 0.717) is 23.5 Å². The SMILES string of the molecule is CCCC(C(=O)Nc1ccc(OC)c(NC(=O)c2ccc(Cl)cc2F)c1)c1ccccc1. The number of carbonyl (C=O) groups excluding carboxylic acids is 2. The van der Waals surface area contributed by atoms with E-state index in [2.05, 4.69) is 10.6 Å². The van der Waals surface area contributed by atoms with Crippen LogP contribution in [0.15, 0.2) is 66.7 Å². The highest BCUT2D eigenvalue weighted by molar-refractivity contribution is 6.30. The van der Waals surface area contributed by atoms with Crippen molar-refractivity contribution in [3.05, 3.63) is 88.7 Å². The first-order chi connectivity index (χ1) is 15.4. The maximum absolute atomic E-state index is 14.1. The molecule has 2 N–H and O–H groups in total. The Hall–Kier alpha value is -3.38. The molecule has 0 heterocycles. The van der Waals surface area contributed by atoms with Crippen molar-refractivity contribution in [2.24, 2.45) is 0 Å². The van der Waals surface area contributed by atoms with Gasteiger partial charge in [-0.1, -0.05) is 55.3 Å². The molecule has 32 heavy (non-hydrogen) atoms. The number of carbonyl (C=O) groups is 2. The minimum atomic E-state index is -0.733. The van der Waals surface area contributed by atoms with Crippen molar-refractivity contribution in [2.75, 3.05) is 17.7 Å². The number of anilines is 2. The van der Waals surface area contributed by atoms with Crippen LogP contribution in [0.2, 0.25) is 5.02 Å². The van der Waals surface area contributed by atoms with Crippen LogP contribution in [0.5, 0.6) is 5.75 Å². The maximum Gasteiger partial charge on any atom is 0.258 e. The van der Waals surface area contributed by atoms with Gasteiger partial charge in [0.1, 0.15) is 11.6 Å². The second kappa shape index (κ2) is 10.8. The average molecular weight is 455 g/mol. The molecule has 166 valence electrons. The molecule has 0 aliphatic rings. The Bertz CT molecular complexity index is 1110. The molecule has 0 bridgehead atoms. The zero-order chi connectivity index (χ0) is 23.1. The van der Waals surface area contributed by atoms with Crippen molar-refractivity contribution >= 4 is 34.8 Å². The molecule has 1 unspecified atom stereocenters. The molecule has 0 radical (unpaired) electrons. The van der Waals surface area contributed by atoms with Crippen LogP contribution in [0.4, 0.5) is 15.8 Å². The second-order valence-electron chi connectivity index (χ2n) is 7.23. The zero-order valence-corrected chi connectivity index (χ0v) is 18.6. The Morgan fingerprint density at radius 2 is 1.78 bits per heavy atom. The molecule has 0 aromatic heterocycles. The summed E-state index contributed by atoms with van der Waals surface area (Å²) in [5, 5.41) is 5.75. The summed E-state index contributed by atoms with van der Waals surface area (Å²) < 4.78 is 19.4. The summed E-state index contributed by atoms with van der Waals surface area (Å²) in [7, 11) is 1.46. The fourth-order valence-corrected chi connectivity index (χ4v) is 3.56. The quantitative estimate of drug-likeness (QED) is 0.422. The molecule has 0 saturated carbocycles. The predicted octanol–water partition coefficient (Wildman–Crippen LogP) is 6.26. The van der Waals surface area contributed by atoms with Gasteiger partial charge in [-0.3, -0.25) is 9.59 Å². The normalized spacial score (nSPS) is 11.5. The van der Waals surface area contributed by atoms with Crippen LogP contribution in [0, 0.1) is 5.82 Å². The van der Waals surface area contributed by atoms with E-state index in [9.17, 15) is 14.0 Å². The van der Waals surface area contributed by atoms with E-state index in [1.165, 1.54) is 19.2 Å². The molecule has 0 aliphatic heterocycles. The van der Waals surface area contributed by atoms with Gasteiger partial charge in [0.15, 0.2) is 0 Å². The van der Waals surface area contributed by atoms with Crippen molar-refractivity contribution in [3.63, 3.8) is 0 Å². The molecule has 2 amide bonds. The van der Waals surface area contributed by atoms with Crippen molar-refractivity contribution in [1.82, 2.24) is 0 Å². The number of nitrogens with one attached hydrogen (secondary N) is 2. The van der Waals surface area contributed by atoms with Crippen LogP contribution < -0.4 is 15.4 Å². The van der Waals surface area contributed by atoms with E-state index >= 15 is 0 Å². The molecule has 1 atom stereocenters. The van der Waals surface area contributed by atoms with Gasteiger partial charge in [-0.15, -0.1) is 0 Å². The Labute approximate surface area is 191 Å². The van der Waals surface area contributed by atoms with E-state index in [-0.39, 0.29) is 22.4 Å². The number of hydrogen-bond acceptors (Lipinski definition) is 3. The zero-order valence-electron chi connectivity index (χ0n) is 17.8. The molecule has 7 heteroatoms. The summed E-state index contributed by atoms with van der Waals surface area (Å²) in [5.74, 6) is -1.47. The molecular formula is C25H24ClFN2O3. The topological polar surface area (TPSA) is 67.4 Å². The van der Waals surface area contributed by atoms with Crippen LogP contribution in [-0.4, -0.2) is 18.9 Å². The number of amides is 2. The maximum atomic E-state index is 14.1. The van der Waals surface area contributed by atoms with Crippen molar-refractivity contribution in [3.8, 4) is 5.75 Å². The van der Waals surface area contributed by atoms with Crippen molar-refractivity contribution < 1.29 is 18.7 Å². The molecule has 3 rings (SSSR count). The molecule has 0 fully saturated rings. The number of halogens is 2. The van der Waals surface area contributed by atoms with Crippen molar-refractivity contribution in [2.45, 2.75) is 25.7 Å². The number of methoxy groups -OCH3 is 1. The standard InChI is InChI=1S/C25H24ClFN2O3/c1-3-7-19(16-8-5-4-6-9-16)24(30)28-18-11-13-23(32-2)22(15-18)29-25(31)20-12-10-17(26)14-21(20)27/h4-6,8-15,19H,3,7H2,1-2H3,(H,28,30)(H,29,31). The first kappa shape index (κ1) is 23.3. The Morgan fingerprint density at radius 3 is 2.44 bits per heavy atom. The molecule has 3 aromatic rings. The van der Waals surface area contributed by atoms with E-state index in [0.717, 1.165) is 18.1 Å². The predicted molar refractivity (Wildman–Crippen MR) is 125 cm³/mol. The number of hydrogen-bond donors (Lipinski definition) is 2. The van der Waals surface area contributed by atoms with Gasteiger partial charge in [0.05, 0.1) is 24.3 Å². The molecule has 0 saturated heterocycles. The van der Waals surface area contributed by atoms with Crippen LogP contribution in [0.1, 0.15) is 41.6 Å². The Balaban J connectivity index is 1.82. The second-order valence-corrected chi connectivity index (χ2v) is 7.67. The fourth-order valence-electron chi connectivity index (χ4n) is 3.40. The fraction of sp³-hybridized carbons (Fsp3) is 0.200. The Kier molecular flexibility index (Phi) is 7.84. The Morgan fingerprint density at radius 1 is 1.03 bits per heavy atom. The van der Waals surface area contributed by atoms with Gasteiger partial charge in [-0.05, 0) is 48.4 Å². The largest absolute Gasteiger partial charge is 0.495 e. The van der Waals surface area contributed by atoms with Gasteiger partial charge in [0.2, 0.25) is 5.91 Å². The van der Waals surface area contributed by atoms with Crippen LogP contribution >= 0.6 is 11.6 Å². The summed E-state index contributed by atoms with van der Waals surface area (Å²) in [6.07, 6.45) is 1.55. The summed E-state index contributed by atoms with van der Waals surface area (Å²) in [4.78, 5) is 25.6. The molecular weight excluding hydrogens is 431 g/mol.